The molecule has 10 heteroatoms. The molecule has 1 saturated heterocycles. The summed E-state index contributed by atoms with van der Waals surface area (Å²) in [5, 5.41) is 20.4. The lowest BCUT2D eigenvalue weighted by atomic mass is 10.2. The maximum atomic E-state index is 11.5. The first-order chi connectivity index (χ1) is 18.9. The van der Waals surface area contributed by atoms with E-state index in [-0.39, 0.29) is 18.4 Å². The zero-order chi connectivity index (χ0) is 27.6. The van der Waals surface area contributed by atoms with E-state index >= 15 is 0 Å². The molecule has 9 nitrogen and oxygen atoms in total. The fourth-order valence-electron chi connectivity index (χ4n) is 4.53. The molecule has 0 bridgehead atoms. The van der Waals surface area contributed by atoms with Crippen molar-refractivity contribution in [3.63, 3.8) is 0 Å². The Morgan fingerprint density at radius 3 is 2.41 bits per heavy atom. The van der Waals surface area contributed by atoms with Gasteiger partial charge < -0.3 is 24.8 Å². The van der Waals surface area contributed by atoms with E-state index in [1.54, 1.807) is 6.07 Å². The first kappa shape index (κ1) is 28.1. The van der Waals surface area contributed by atoms with Gasteiger partial charge in [-0.15, -0.1) is 11.3 Å². The number of carboxylic acid groups (broad SMARTS) is 2. The van der Waals surface area contributed by atoms with Gasteiger partial charge in [0.05, 0.1) is 25.0 Å². The summed E-state index contributed by atoms with van der Waals surface area (Å²) in [5.74, 6) is -1.34. The van der Waals surface area contributed by atoms with Crippen molar-refractivity contribution >= 4 is 50.0 Å². The number of aromatic amines is 1. The molecule has 2 aromatic carbocycles. The quantitative estimate of drug-likeness (QED) is 0.243. The molecule has 0 amide bonds. The number of rotatable bonds is 10. The first-order valence-electron chi connectivity index (χ1n) is 13.0. The number of unbranched alkanes of at least 4 members (excludes halogenated alkanes) is 1. The van der Waals surface area contributed by atoms with Gasteiger partial charge in [-0.1, -0.05) is 6.07 Å². The number of carboxylic acids is 2. The highest BCUT2D eigenvalue weighted by atomic mass is 32.1. The van der Waals surface area contributed by atoms with E-state index in [9.17, 15) is 14.4 Å². The summed E-state index contributed by atoms with van der Waals surface area (Å²) in [6.07, 6.45) is 1.56. The summed E-state index contributed by atoms with van der Waals surface area (Å²) >= 11 is 1.82. The second-order valence-corrected chi connectivity index (χ2v) is 10.3. The molecule has 0 spiro atoms. The summed E-state index contributed by atoms with van der Waals surface area (Å²) in [4.78, 5) is 38.7. The smallest absolute Gasteiger partial charge is 0.303 e. The van der Waals surface area contributed by atoms with Crippen LogP contribution in [0.3, 0.4) is 0 Å². The molecule has 3 N–H and O–H groups in total. The standard InChI is InChI=1S/C25H27N3O2S.C4H6O4/c29-25-9-7-19-6-8-20(18-22(19)26-25)30-16-2-1-11-27-12-14-28(15-13-27)23-4-3-5-24-21(23)10-17-31-24;5-3(6)1-2-4(7)8/h3-10,17-18H,1-2,11-16H2,(H,26,29);1-2H2,(H,5,6)(H,7,8). The second-order valence-electron chi connectivity index (χ2n) is 9.35. The summed E-state index contributed by atoms with van der Waals surface area (Å²) < 4.78 is 7.28. The third-order valence-electron chi connectivity index (χ3n) is 6.57. The van der Waals surface area contributed by atoms with Gasteiger partial charge in [0.25, 0.3) is 0 Å². The number of pyridine rings is 1. The topological polar surface area (TPSA) is 123 Å². The number of hydrogen-bond acceptors (Lipinski definition) is 7. The molecule has 0 aliphatic carbocycles. The Labute approximate surface area is 230 Å². The number of aromatic nitrogens is 1. The van der Waals surface area contributed by atoms with E-state index in [0.29, 0.717) is 6.61 Å². The number of hydrogen-bond donors (Lipinski definition) is 3. The Morgan fingerprint density at radius 1 is 0.923 bits per heavy atom. The van der Waals surface area contributed by atoms with Crippen LogP contribution in [0.1, 0.15) is 25.7 Å². The van der Waals surface area contributed by atoms with Gasteiger partial charge in [0.1, 0.15) is 5.75 Å². The number of fused-ring (bicyclic) bond motifs is 2. The molecule has 3 heterocycles. The lowest BCUT2D eigenvalue weighted by molar-refractivity contribution is -0.143. The Balaban J connectivity index is 0.000000386. The van der Waals surface area contributed by atoms with Crippen LogP contribution < -0.4 is 15.2 Å². The summed E-state index contributed by atoms with van der Waals surface area (Å²) in [6, 6.07) is 18.1. The van der Waals surface area contributed by atoms with Crippen molar-refractivity contribution < 1.29 is 24.5 Å². The molecular formula is C29H33N3O6S. The third kappa shape index (κ3) is 8.30. The van der Waals surface area contributed by atoms with E-state index in [1.165, 1.54) is 15.8 Å². The fraction of sp³-hybridized carbons (Fsp3) is 0.345. The zero-order valence-corrected chi connectivity index (χ0v) is 22.5. The van der Waals surface area contributed by atoms with Crippen LogP contribution in [-0.2, 0) is 9.59 Å². The van der Waals surface area contributed by atoms with E-state index in [0.717, 1.165) is 62.2 Å². The molecule has 39 heavy (non-hydrogen) atoms. The zero-order valence-electron chi connectivity index (χ0n) is 21.7. The van der Waals surface area contributed by atoms with Crippen LogP contribution in [0.15, 0.2) is 64.8 Å². The second kappa shape index (κ2) is 13.8. The maximum Gasteiger partial charge on any atom is 0.303 e. The Bertz CT molecular complexity index is 1440. The lowest BCUT2D eigenvalue weighted by Crippen LogP contribution is -2.46. The number of anilines is 1. The largest absolute Gasteiger partial charge is 0.494 e. The predicted molar refractivity (Wildman–Crippen MR) is 154 cm³/mol. The van der Waals surface area contributed by atoms with Crippen LogP contribution in [0.25, 0.3) is 21.0 Å². The van der Waals surface area contributed by atoms with Gasteiger partial charge in [0.15, 0.2) is 0 Å². The highest BCUT2D eigenvalue weighted by Crippen LogP contribution is 2.31. The molecule has 0 saturated carbocycles. The van der Waals surface area contributed by atoms with Crippen molar-refractivity contribution in [2.24, 2.45) is 0 Å². The van der Waals surface area contributed by atoms with Gasteiger partial charge in [-0.25, -0.2) is 0 Å². The predicted octanol–water partition coefficient (Wildman–Crippen LogP) is 4.66. The van der Waals surface area contributed by atoms with Crippen LogP contribution >= 0.6 is 11.3 Å². The van der Waals surface area contributed by atoms with Crippen molar-refractivity contribution in [1.82, 2.24) is 9.88 Å². The Hall–Kier alpha value is -3.89. The highest BCUT2D eigenvalue weighted by molar-refractivity contribution is 7.17. The van der Waals surface area contributed by atoms with E-state index in [4.69, 9.17) is 14.9 Å². The summed E-state index contributed by atoms with van der Waals surface area (Å²) in [5.41, 5.74) is 2.11. The van der Waals surface area contributed by atoms with E-state index < -0.39 is 11.9 Å². The van der Waals surface area contributed by atoms with Gasteiger partial charge in [-0.05, 0) is 66.6 Å². The molecule has 2 aromatic heterocycles. The van der Waals surface area contributed by atoms with Crippen molar-refractivity contribution in [3.8, 4) is 5.75 Å². The number of thiophene rings is 1. The lowest BCUT2D eigenvalue weighted by Gasteiger charge is -2.36. The molecule has 0 atom stereocenters. The van der Waals surface area contributed by atoms with Gasteiger partial charge in [0, 0.05) is 54.1 Å². The van der Waals surface area contributed by atoms with Crippen LogP contribution in [0.4, 0.5) is 5.69 Å². The van der Waals surface area contributed by atoms with Crippen molar-refractivity contribution in [2.45, 2.75) is 25.7 Å². The molecular weight excluding hydrogens is 518 g/mol. The van der Waals surface area contributed by atoms with Crippen molar-refractivity contribution in [3.05, 3.63) is 70.3 Å². The van der Waals surface area contributed by atoms with Gasteiger partial charge in [-0.2, -0.15) is 0 Å². The minimum absolute atomic E-state index is 0.0863. The van der Waals surface area contributed by atoms with Crippen molar-refractivity contribution in [2.75, 3.05) is 44.2 Å². The van der Waals surface area contributed by atoms with Crippen LogP contribution in [0.2, 0.25) is 0 Å². The molecule has 1 aliphatic heterocycles. The molecule has 206 valence electrons. The molecule has 1 aliphatic rings. The normalized spacial score (nSPS) is 13.7. The van der Waals surface area contributed by atoms with Crippen LogP contribution in [-0.4, -0.2) is 71.4 Å². The molecule has 0 unspecified atom stereocenters. The molecule has 1 fully saturated rings. The summed E-state index contributed by atoms with van der Waals surface area (Å²) in [7, 11) is 0. The van der Waals surface area contributed by atoms with Gasteiger partial charge in [0.2, 0.25) is 5.56 Å². The van der Waals surface area contributed by atoms with Gasteiger partial charge >= 0.3 is 11.9 Å². The number of nitrogens with zero attached hydrogens (tertiary/aromatic N) is 2. The van der Waals surface area contributed by atoms with Gasteiger partial charge in [-0.3, -0.25) is 19.3 Å². The number of piperazine rings is 1. The Kier molecular flexibility index (Phi) is 9.93. The average molecular weight is 552 g/mol. The SMILES string of the molecule is O=C(O)CCC(=O)O.O=c1ccc2ccc(OCCCCN3CCN(c4cccc5sccc45)CC3)cc2[nH]1. The van der Waals surface area contributed by atoms with Crippen molar-refractivity contribution in [1.29, 1.82) is 0 Å². The number of nitrogens with one attached hydrogen (secondary N) is 1. The number of ether oxygens (including phenoxy) is 1. The number of H-pyrrole nitrogens is 1. The van der Waals surface area contributed by atoms with E-state index in [2.05, 4.69) is 44.4 Å². The fourth-order valence-corrected chi connectivity index (χ4v) is 5.33. The van der Waals surface area contributed by atoms with Crippen LogP contribution in [0, 0.1) is 0 Å². The highest BCUT2D eigenvalue weighted by Gasteiger charge is 2.18. The minimum Gasteiger partial charge on any atom is -0.494 e. The summed E-state index contributed by atoms with van der Waals surface area (Å²) in [6.45, 7) is 6.20. The monoisotopic (exact) mass is 551 g/mol. The molecule has 4 aromatic rings. The molecule has 5 rings (SSSR count). The van der Waals surface area contributed by atoms with E-state index in [1.807, 2.05) is 35.6 Å². The number of carbonyl (C=O) groups is 2. The first-order valence-corrected chi connectivity index (χ1v) is 13.9. The third-order valence-corrected chi connectivity index (χ3v) is 7.45. The average Bonchev–Trinajstić information content (AvgIpc) is 3.41. The Morgan fingerprint density at radius 2 is 1.67 bits per heavy atom. The number of benzene rings is 2. The number of aliphatic carboxylic acids is 2. The molecule has 0 radical (unpaired) electrons. The van der Waals surface area contributed by atoms with Crippen LogP contribution in [0.5, 0.6) is 5.75 Å². The minimum atomic E-state index is -1.08. The maximum absolute atomic E-state index is 11.5.